The number of ether oxygens (including phenoxy) is 2. The molecule has 0 bridgehead atoms. The van der Waals surface area contributed by atoms with Gasteiger partial charge in [-0.3, -0.25) is 0 Å². The Balaban J connectivity index is 0.000000312. The van der Waals surface area contributed by atoms with Crippen LogP contribution in [0.2, 0.25) is 0 Å². The van der Waals surface area contributed by atoms with Crippen LogP contribution in [-0.2, 0) is 9.47 Å². The fourth-order valence-electron chi connectivity index (χ4n) is 1.68. The summed E-state index contributed by atoms with van der Waals surface area (Å²) in [6.07, 6.45) is 13.4. The summed E-state index contributed by atoms with van der Waals surface area (Å²) in [6, 6.07) is 2.13. The number of rotatable bonds is 3. The van der Waals surface area contributed by atoms with Crippen LogP contribution in [0.15, 0.2) is 24.4 Å². The number of hydrogen-bond donors (Lipinski definition) is 1. The lowest BCUT2D eigenvalue weighted by molar-refractivity contribution is -0.0963. The lowest BCUT2D eigenvalue weighted by atomic mass is 9.97. The van der Waals surface area contributed by atoms with Crippen molar-refractivity contribution in [3.05, 3.63) is 24.4 Å². The topological polar surface area (TPSA) is 54.3 Å². The highest BCUT2D eigenvalue weighted by atomic mass is 16.7. The van der Waals surface area contributed by atoms with Crippen LogP contribution in [0, 0.1) is 11.3 Å². The zero-order valence-electron chi connectivity index (χ0n) is 13.7. The molecule has 1 atom stereocenters. The van der Waals surface area contributed by atoms with E-state index in [9.17, 15) is 0 Å². The number of nitrogens with one attached hydrogen (secondary N) is 1. The highest BCUT2D eigenvalue weighted by molar-refractivity contribution is 5.19. The third-order valence-electron chi connectivity index (χ3n) is 2.98. The average molecular weight is 294 g/mol. The van der Waals surface area contributed by atoms with E-state index < -0.39 is 0 Å². The van der Waals surface area contributed by atoms with Crippen LogP contribution in [0.1, 0.15) is 52.9 Å². The van der Waals surface area contributed by atoms with E-state index in [1.807, 2.05) is 31.4 Å². The second kappa shape index (κ2) is 13.7. The van der Waals surface area contributed by atoms with Crippen LogP contribution >= 0.6 is 0 Å². The van der Waals surface area contributed by atoms with Crippen LogP contribution < -0.4 is 5.32 Å². The van der Waals surface area contributed by atoms with Crippen LogP contribution in [0.3, 0.4) is 0 Å². The first kappa shape index (κ1) is 19.7. The van der Waals surface area contributed by atoms with Gasteiger partial charge in [0.15, 0.2) is 0 Å². The van der Waals surface area contributed by atoms with Gasteiger partial charge >= 0.3 is 0 Å². The van der Waals surface area contributed by atoms with Gasteiger partial charge < -0.3 is 14.8 Å². The summed E-state index contributed by atoms with van der Waals surface area (Å²) in [5.41, 5.74) is -0.149. The van der Waals surface area contributed by atoms with Gasteiger partial charge in [-0.15, -0.1) is 0 Å². The van der Waals surface area contributed by atoms with Gasteiger partial charge in [-0.25, -0.2) is 0 Å². The van der Waals surface area contributed by atoms with Gasteiger partial charge in [-0.05, 0) is 25.6 Å². The molecule has 0 spiro atoms. The summed E-state index contributed by atoms with van der Waals surface area (Å²) in [5.74, 6) is 0. The highest BCUT2D eigenvalue weighted by Gasteiger charge is 2.18. The van der Waals surface area contributed by atoms with Crippen molar-refractivity contribution in [1.29, 1.82) is 5.26 Å². The van der Waals surface area contributed by atoms with Crippen molar-refractivity contribution in [2.45, 2.75) is 58.4 Å². The van der Waals surface area contributed by atoms with Crippen molar-refractivity contribution in [1.82, 2.24) is 5.32 Å². The normalized spacial score (nSPS) is 22.8. The minimum atomic E-state index is -0.149. The van der Waals surface area contributed by atoms with Gasteiger partial charge in [-0.1, -0.05) is 45.3 Å². The predicted molar refractivity (Wildman–Crippen MR) is 86.6 cm³/mol. The lowest BCUT2D eigenvalue weighted by Gasteiger charge is -2.25. The Labute approximate surface area is 129 Å². The first-order chi connectivity index (χ1) is 10.2. The van der Waals surface area contributed by atoms with Crippen LogP contribution in [0.5, 0.6) is 0 Å². The van der Waals surface area contributed by atoms with E-state index in [2.05, 4.69) is 25.2 Å². The number of dihydropyridines is 1. The maximum atomic E-state index is 8.44. The summed E-state index contributed by atoms with van der Waals surface area (Å²) in [5, 5.41) is 11.5. The molecule has 2 aliphatic rings. The minimum absolute atomic E-state index is 0.149. The smallest absolute Gasteiger partial charge is 0.146 e. The molecular formula is C17H30N2O2. The lowest BCUT2D eigenvalue weighted by Crippen LogP contribution is -2.37. The molecule has 0 aromatic rings. The number of hydrogen-bond acceptors (Lipinski definition) is 4. The molecule has 1 saturated heterocycles. The molecule has 2 aliphatic heterocycles. The van der Waals surface area contributed by atoms with Gasteiger partial charge in [0.05, 0.1) is 31.2 Å². The Hall–Kier alpha value is -1.31. The molecule has 1 fully saturated rings. The Kier molecular flexibility index (Phi) is 12.8. The fraction of sp³-hybridized carbons (Fsp3) is 0.706. The second-order valence-electron chi connectivity index (χ2n) is 5.26. The van der Waals surface area contributed by atoms with Gasteiger partial charge in [0.25, 0.3) is 0 Å². The van der Waals surface area contributed by atoms with Crippen LogP contribution in [0.25, 0.3) is 0 Å². The molecule has 0 amide bonds. The van der Waals surface area contributed by atoms with Gasteiger partial charge in [-0.2, -0.15) is 5.26 Å². The second-order valence-corrected chi connectivity index (χ2v) is 5.26. The summed E-state index contributed by atoms with van der Waals surface area (Å²) in [7, 11) is 0. The quantitative estimate of drug-likeness (QED) is 0.857. The number of nitrogens with zero attached hydrogens (tertiary/aromatic N) is 1. The standard InChI is InChI=1S/C8H10N2.C5H12.C4H8O2/c1-8(5-6-9)4-2-3-7-10-8;1-3-5-4-2;1-2-5-4-6-3-1/h2-4,7,10H,5H2,1H3;3-5H2,1-2H3;1-4H2. The summed E-state index contributed by atoms with van der Waals surface area (Å²) >= 11 is 0. The molecule has 2 heterocycles. The SMILES string of the molecule is C1COCOC1.CC1(CC#N)C=CC=CN1.CCCCC. The van der Waals surface area contributed by atoms with Crippen molar-refractivity contribution in [3.8, 4) is 6.07 Å². The predicted octanol–water partition coefficient (Wildman–Crippen LogP) is 3.91. The fourth-order valence-corrected chi connectivity index (χ4v) is 1.68. The van der Waals surface area contributed by atoms with Gasteiger partial charge in [0, 0.05) is 0 Å². The van der Waals surface area contributed by atoms with E-state index in [4.69, 9.17) is 14.7 Å². The third-order valence-corrected chi connectivity index (χ3v) is 2.98. The van der Waals surface area contributed by atoms with E-state index in [1.165, 1.54) is 19.3 Å². The highest BCUT2D eigenvalue weighted by Crippen LogP contribution is 2.13. The first-order valence-corrected chi connectivity index (χ1v) is 7.83. The van der Waals surface area contributed by atoms with Crippen LogP contribution in [-0.4, -0.2) is 25.5 Å². The Morgan fingerprint density at radius 1 is 1.19 bits per heavy atom. The maximum absolute atomic E-state index is 8.44. The van der Waals surface area contributed by atoms with Gasteiger partial charge in [0.1, 0.15) is 6.79 Å². The van der Waals surface area contributed by atoms with E-state index in [1.54, 1.807) is 0 Å². The van der Waals surface area contributed by atoms with E-state index >= 15 is 0 Å². The van der Waals surface area contributed by atoms with E-state index in [-0.39, 0.29) is 5.54 Å². The molecular weight excluding hydrogens is 264 g/mol. The maximum Gasteiger partial charge on any atom is 0.146 e. The van der Waals surface area contributed by atoms with E-state index in [0.717, 1.165) is 19.6 Å². The Morgan fingerprint density at radius 2 is 1.86 bits per heavy atom. The molecule has 4 nitrogen and oxygen atoms in total. The van der Waals surface area contributed by atoms with Crippen molar-refractivity contribution in [2.24, 2.45) is 0 Å². The average Bonchev–Trinajstić information content (AvgIpc) is 2.52. The zero-order valence-corrected chi connectivity index (χ0v) is 13.7. The zero-order chi connectivity index (χ0) is 15.8. The Bertz CT molecular complexity index is 317. The summed E-state index contributed by atoms with van der Waals surface area (Å²) < 4.78 is 9.69. The molecule has 0 aromatic heterocycles. The molecule has 120 valence electrons. The molecule has 0 aliphatic carbocycles. The first-order valence-electron chi connectivity index (χ1n) is 7.83. The molecule has 2 rings (SSSR count). The number of allylic oxidation sites excluding steroid dienone is 2. The largest absolute Gasteiger partial charge is 0.381 e. The van der Waals surface area contributed by atoms with E-state index in [0.29, 0.717) is 13.2 Å². The molecule has 0 saturated carbocycles. The van der Waals surface area contributed by atoms with Crippen LogP contribution in [0.4, 0.5) is 0 Å². The van der Waals surface area contributed by atoms with Crippen molar-refractivity contribution in [2.75, 3.05) is 20.0 Å². The summed E-state index contributed by atoms with van der Waals surface area (Å²) in [4.78, 5) is 0. The molecule has 4 heteroatoms. The van der Waals surface area contributed by atoms with Gasteiger partial charge in [0.2, 0.25) is 0 Å². The molecule has 0 aromatic carbocycles. The number of unbranched alkanes of at least 4 members (excludes halogenated alkanes) is 2. The molecule has 0 radical (unpaired) electrons. The molecule has 21 heavy (non-hydrogen) atoms. The molecule has 1 unspecified atom stereocenters. The van der Waals surface area contributed by atoms with Crippen molar-refractivity contribution < 1.29 is 9.47 Å². The molecule has 1 N–H and O–H groups in total. The third kappa shape index (κ3) is 12.2. The Morgan fingerprint density at radius 3 is 2.14 bits per heavy atom. The van der Waals surface area contributed by atoms with Crippen molar-refractivity contribution >= 4 is 0 Å². The monoisotopic (exact) mass is 294 g/mol. The minimum Gasteiger partial charge on any atom is -0.381 e. The summed E-state index contributed by atoms with van der Waals surface area (Å²) in [6.45, 7) is 8.67. The number of nitriles is 1. The van der Waals surface area contributed by atoms with Crippen molar-refractivity contribution in [3.63, 3.8) is 0 Å².